The van der Waals surface area contributed by atoms with Gasteiger partial charge in [0.1, 0.15) is 5.75 Å². The predicted octanol–water partition coefficient (Wildman–Crippen LogP) is 4.54. The summed E-state index contributed by atoms with van der Waals surface area (Å²) in [6, 6.07) is 5.63. The lowest BCUT2D eigenvalue weighted by Crippen LogP contribution is -2.03. The van der Waals surface area contributed by atoms with Crippen LogP contribution in [0.4, 0.5) is 0 Å². The molecule has 0 aliphatic heterocycles. The summed E-state index contributed by atoms with van der Waals surface area (Å²) in [5.41, 5.74) is 6.68. The average Bonchev–Trinajstić information content (AvgIpc) is 2.38. The van der Waals surface area contributed by atoms with E-state index in [0.29, 0.717) is 11.6 Å². The first-order chi connectivity index (χ1) is 8.77. The van der Waals surface area contributed by atoms with Gasteiger partial charge in [0.2, 0.25) is 0 Å². The van der Waals surface area contributed by atoms with E-state index < -0.39 is 0 Å². The monoisotopic (exact) mass is 269 g/mol. The maximum atomic E-state index is 5.95. The van der Waals surface area contributed by atoms with Gasteiger partial charge in [0, 0.05) is 17.1 Å². The number of rotatable bonds is 9. The molecule has 0 heterocycles. The Hall–Kier alpha value is -0.730. The number of benzene rings is 1. The molecular weight excluding hydrogens is 246 g/mol. The van der Waals surface area contributed by atoms with E-state index in [9.17, 15) is 0 Å². The van der Waals surface area contributed by atoms with Crippen LogP contribution in [0.5, 0.6) is 5.75 Å². The van der Waals surface area contributed by atoms with Crippen molar-refractivity contribution in [1.29, 1.82) is 0 Å². The molecule has 1 aromatic rings. The molecule has 0 spiro atoms. The highest BCUT2D eigenvalue weighted by atomic mass is 35.5. The number of nitrogens with two attached hydrogens (primary N) is 1. The normalized spacial score (nSPS) is 10.6. The third-order valence-electron chi connectivity index (χ3n) is 3.00. The molecule has 2 N–H and O–H groups in total. The third-order valence-corrected chi connectivity index (χ3v) is 3.24. The molecule has 0 radical (unpaired) electrons. The Labute approximate surface area is 115 Å². The SMILES string of the molecule is CCCCCCCCOc1cc(Cl)ccc1CN. The van der Waals surface area contributed by atoms with Crippen LogP contribution in [0.3, 0.4) is 0 Å². The second-order valence-corrected chi connectivity index (χ2v) is 5.01. The smallest absolute Gasteiger partial charge is 0.125 e. The Kier molecular flexibility index (Phi) is 7.86. The van der Waals surface area contributed by atoms with Gasteiger partial charge >= 0.3 is 0 Å². The van der Waals surface area contributed by atoms with Gasteiger partial charge < -0.3 is 10.5 Å². The van der Waals surface area contributed by atoms with Crippen molar-refractivity contribution in [3.63, 3.8) is 0 Å². The van der Waals surface area contributed by atoms with Crippen molar-refractivity contribution in [2.45, 2.75) is 52.0 Å². The molecule has 1 aromatic carbocycles. The maximum absolute atomic E-state index is 5.95. The Morgan fingerprint density at radius 2 is 1.83 bits per heavy atom. The molecule has 102 valence electrons. The molecule has 1 rings (SSSR count). The average molecular weight is 270 g/mol. The fourth-order valence-corrected chi connectivity index (χ4v) is 2.06. The molecule has 0 bridgehead atoms. The molecule has 0 aliphatic carbocycles. The van der Waals surface area contributed by atoms with Crippen LogP contribution in [-0.4, -0.2) is 6.61 Å². The zero-order valence-electron chi connectivity index (χ0n) is 11.3. The van der Waals surface area contributed by atoms with E-state index in [2.05, 4.69) is 6.92 Å². The first-order valence-electron chi connectivity index (χ1n) is 6.89. The highest BCUT2D eigenvalue weighted by Gasteiger charge is 2.03. The minimum Gasteiger partial charge on any atom is -0.493 e. The van der Waals surface area contributed by atoms with Gasteiger partial charge in [-0.25, -0.2) is 0 Å². The zero-order valence-corrected chi connectivity index (χ0v) is 12.0. The first-order valence-corrected chi connectivity index (χ1v) is 7.27. The van der Waals surface area contributed by atoms with Gasteiger partial charge in [-0.05, 0) is 18.6 Å². The highest BCUT2D eigenvalue weighted by molar-refractivity contribution is 6.30. The number of hydrogen-bond acceptors (Lipinski definition) is 2. The van der Waals surface area contributed by atoms with Crippen molar-refractivity contribution >= 4 is 11.6 Å². The summed E-state index contributed by atoms with van der Waals surface area (Å²) in [6.07, 6.45) is 7.60. The lowest BCUT2D eigenvalue weighted by Gasteiger charge is -2.10. The number of ether oxygens (including phenoxy) is 1. The van der Waals surface area contributed by atoms with Crippen molar-refractivity contribution in [3.8, 4) is 5.75 Å². The number of unbranched alkanes of at least 4 members (excludes halogenated alkanes) is 5. The minimum absolute atomic E-state index is 0.489. The largest absolute Gasteiger partial charge is 0.493 e. The Bertz CT molecular complexity index is 341. The first kappa shape index (κ1) is 15.3. The van der Waals surface area contributed by atoms with Gasteiger partial charge in [0.15, 0.2) is 0 Å². The Morgan fingerprint density at radius 1 is 1.11 bits per heavy atom. The summed E-state index contributed by atoms with van der Waals surface area (Å²) >= 11 is 5.95. The molecular formula is C15H24ClNO. The van der Waals surface area contributed by atoms with E-state index in [1.807, 2.05) is 18.2 Å². The number of hydrogen-bond donors (Lipinski definition) is 1. The third kappa shape index (κ3) is 5.74. The van der Waals surface area contributed by atoms with Crippen LogP contribution in [0.1, 0.15) is 51.0 Å². The van der Waals surface area contributed by atoms with Crippen molar-refractivity contribution in [3.05, 3.63) is 28.8 Å². The van der Waals surface area contributed by atoms with Crippen molar-refractivity contribution < 1.29 is 4.74 Å². The molecule has 0 amide bonds. The van der Waals surface area contributed by atoms with E-state index in [1.165, 1.54) is 32.1 Å². The second-order valence-electron chi connectivity index (χ2n) is 4.57. The molecule has 2 nitrogen and oxygen atoms in total. The van der Waals surface area contributed by atoms with Gasteiger partial charge in [-0.2, -0.15) is 0 Å². The van der Waals surface area contributed by atoms with Crippen LogP contribution >= 0.6 is 11.6 Å². The molecule has 0 unspecified atom stereocenters. The molecule has 0 aromatic heterocycles. The summed E-state index contributed by atoms with van der Waals surface area (Å²) in [4.78, 5) is 0. The summed E-state index contributed by atoms with van der Waals surface area (Å²) < 4.78 is 5.75. The van der Waals surface area contributed by atoms with Crippen molar-refractivity contribution in [2.24, 2.45) is 5.73 Å². The minimum atomic E-state index is 0.489. The van der Waals surface area contributed by atoms with E-state index >= 15 is 0 Å². The van der Waals surface area contributed by atoms with Crippen LogP contribution in [0, 0.1) is 0 Å². The van der Waals surface area contributed by atoms with Crippen LogP contribution in [-0.2, 0) is 6.54 Å². The highest BCUT2D eigenvalue weighted by Crippen LogP contribution is 2.23. The van der Waals surface area contributed by atoms with Crippen LogP contribution < -0.4 is 10.5 Å². The molecule has 0 atom stereocenters. The van der Waals surface area contributed by atoms with Gasteiger partial charge in [0.25, 0.3) is 0 Å². The van der Waals surface area contributed by atoms with Crippen LogP contribution in [0.15, 0.2) is 18.2 Å². The Balaban J connectivity index is 2.24. The Morgan fingerprint density at radius 3 is 2.56 bits per heavy atom. The fourth-order valence-electron chi connectivity index (χ4n) is 1.90. The van der Waals surface area contributed by atoms with Gasteiger partial charge in [-0.3, -0.25) is 0 Å². The van der Waals surface area contributed by atoms with Crippen LogP contribution in [0.25, 0.3) is 0 Å². The van der Waals surface area contributed by atoms with E-state index in [4.69, 9.17) is 22.1 Å². The molecule has 0 saturated carbocycles. The summed E-state index contributed by atoms with van der Waals surface area (Å²) in [6.45, 7) is 3.47. The van der Waals surface area contributed by atoms with E-state index in [0.717, 1.165) is 24.3 Å². The lowest BCUT2D eigenvalue weighted by atomic mass is 10.1. The second kappa shape index (κ2) is 9.23. The summed E-state index contributed by atoms with van der Waals surface area (Å²) in [5, 5.41) is 0.699. The number of halogens is 1. The standard InChI is InChI=1S/C15H24ClNO/c1-2-3-4-5-6-7-10-18-15-11-14(16)9-8-13(15)12-17/h8-9,11H,2-7,10,12,17H2,1H3. The molecule has 18 heavy (non-hydrogen) atoms. The zero-order chi connectivity index (χ0) is 13.2. The molecule has 3 heteroatoms. The molecule has 0 fully saturated rings. The summed E-state index contributed by atoms with van der Waals surface area (Å²) in [7, 11) is 0. The van der Waals surface area contributed by atoms with Gasteiger partial charge in [-0.1, -0.05) is 56.7 Å². The fraction of sp³-hybridized carbons (Fsp3) is 0.600. The quantitative estimate of drug-likeness (QED) is 0.668. The maximum Gasteiger partial charge on any atom is 0.125 e. The van der Waals surface area contributed by atoms with Crippen LogP contribution in [0.2, 0.25) is 5.02 Å². The molecule has 0 saturated heterocycles. The summed E-state index contributed by atoms with van der Waals surface area (Å²) in [5.74, 6) is 0.832. The lowest BCUT2D eigenvalue weighted by molar-refractivity contribution is 0.301. The predicted molar refractivity (Wildman–Crippen MR) is 78.2 cm³/mol. The van der Waals surface area contributed by atoms with E-state index in [1.54, 1.807) is 0 Å². The van der Waals surface area contributed by atoms with Gasteiger partial charge in [-0.15, -0.1) is 0 Å². The molecule has 0 aliphatic rings. The van der Waals surface area contributed by atoms with E-state index in [-0.39, 0.29) is 0 Å². The van der Waals surface area contributed by atoms with Gasteiger partial charge in [0.05, 0.1) is 6.61 Å². The van der Waals surface area contributed by atoms with Crippen molar-refractivity contribution in [2.75, 3.05) is 6.61 Å². The topological polar surface area (TPSA) is 35.2 Å². The van der Waals surface area contributed by atoms with Crippen molar-refractivity contribution in [1.82, 2.24) is 0 Å².